The van der Waals surface area contributed by atoms with E-state index in [0.29, 0.717) is 11.9 Å². The molecule has 2 nitrogen and oxygen atoms in total. The van der Waals surface area contributed by atoms with Gasteiger partial charge in [0.15, 0.2) is 11.6 Å². The average molecular weight is 224 g/mol. The Kier molecular flexibility index (Phi) is 2.78. The maximum Gasteiger partial charge on any atom is 0.165 e. The summed E-state index contributed by atoms with van der Waals surface area (Å²) in [5.74, 6) is 0.590. The van der Waals surface area contributed by atoms with Gasteiger partial charge in [0.1, 0.15) is 11.4 Å². The van der Waals surface area contributed by atoms with Crippen molar-refractivity contribution < 1.29 is 13.9 Å². The lowest BCUT2D eigenvalue weighted by molar-refractivity contribution is 0.123. The van der Waals surface area contributed by atoms with Gasteiger partial charge in [-0.1, -0.05) is 0 Å². The summed E-state index contributed by atoms with van der Waals surface area (Å²) in [6.07, 6.45) is 2.49. The van der Waals surface area contributed by atoms with Crippen LogP contribution in [0.1, 0.15) is 33.6 Å². The van der Waals surface area contributed by atoms with Gasteiger partial charge in [0.05, 0.1) is 6.10 Å². The van der Waals surface area contributed by atoms with Crippen molar-refractivity contribution in [1.29, 1.82) is 0 Å². The maximum absolute atomic E-state index is 13.5. The molecule has 0 unspecified atom stereocenters. The summed E-state index contributed by atoms with van der Waals surface area (Å²) in [5, 5.41) is 0. The molecule has 0 saturated heterocycles. The fourth-order valence-electron chi connectivity index (χ4n) is 1.34. The number of halogens is 1. The van der Waals surface area contributed by atoms with Crippen molar-refractivity contribution in [2.24, 2.45) is 0 Å². The quantitative estimate of drug-likeness (QED) is 0.781. The lowest BCUT2D eigenvalue weighted by atomic mass is 10.2. The van der Waals surface area contributed by atoms with E-state index >= 15 is 0 Å². The molecule has 16 heavy (non-hydrogen) atoms. The van der Waals surface area contributed by atoms with Gasteiger partial charge >= 0.3 is 0 Å². The van der Waals surface area contributed by atoms with Crippen LogP contribution in [-0.2, 0) is 0 Å². The number of rotatable bonds is 3. The van der Waals surface area contributed by atoms with Crippen molar-refractivity contribution in [2.75, 3.05) is 0 Å². The van der Waals surface area contributed by atoms with Crippen LogP contribution in [0.25, 0.3) is 0 Å². The molecule has 0 N–H and O–H groups in total. The molecule has 0 atom stereocenters. The minimum Gasteiger partial charge on any atom is -0.490 e. The molecule has 1 aromatic carbocycles. The standard InChI is InChI=1S/C13H17FO2/c1-13(2,3)16-12-8-10(6-7-11(12)14)15-9-4-5-9/h6-9H,4-5H2,1-3H3. The third-order valence-corrected chi connectivity index (χ3v) is 2.15. The molecule has 0 aliphatic heterocycles. The molecule has 1 aliphatic carbocycles. The predicted octanol–water partition coefficient (Wildman–Crippen LogP) is 3.54. The Hall–Kier alpha value is -1.25. The zero-order valence-electron chi connectivity index (χ0n) is 9.92. The van der Waals surface area contributed by atoms with E-state index in [9.17, 15) is 4.39 Å². The fourth-order valence-corrected chi connectivity index (χ4v) is 1.34. The topological polar surface area (TPSA) is 18.5 Å². The van der Waals surface area contributed by atoms with Crippen molar-refractivity contribution in [1.82, 2.24) is 0 Å². The summed E-state index contributed by atoms with van der Waals surface area (Å²) in [6, 6.07) is 4.65. The van der Waals surface area contributed by atoms with E-state index in [2.05, 4.69) is 0 Å². The third-order valence-electron chi connectivity index (χ3n) is 2.15. The van der Waals surface area contributed by atoms with Crippen LogP contribution in [0, 0.1) is 5.82 Å². The molecule has 1 saturated carbocycles. The minimum absolute atomic E-state index is 0.255. The maximum atomic E-state index is 13.5. The van der Waals surface area contributed by atoms with Gasteiger partial charge in [0.25, 0.3) is 0 Å². The van der Waals surface area contributed by atoms with Gasteiger partial charge in [-0.25, -0.2) is 4.39 Å². The lowest BCUT2D eigenvalue weighted by Crippen LogP contribution is -2.23. The van der Waals surface area contributed by atoms with Crippen molar-refractivity contribution in [3.63, 3.8) is 0 Å². The van der Waals surface area contributed by atoms with Gasteiger partial charge < -0.3 is 9.47 Å². The van der Waals surface area contributed by atoms with Gasteiger partial charge in [-0.15, -0.1) is 0 Å². The van der Waals surface area contributed by atoms with Crippen LogP contribution in [0.4, 0.5) is 4.39 Å². The Bertz CT molecular complexity index is 378. The van der Waals surface area contributed by atoms with Gasteiger partial charge in [-0.3, -0.25) is 0 Å². The van der Waals surface area contributed by atoms with E-state index in [0.717, 1.165) is 12.8 Å². The molecule has 0 amide bonds. The SMILES string of the molecule is CC(C)(C)Oc1cc(OC2CC2)ccc1F. The second-order valence-corrected chi connectivity index (χ2v) is 5.12. The normalized spacial score (nSPS) is 16.0. The van der Waals surface area contributed by atoms with Crippen molar-refractivity contribution in [3.05, 3.63) is 24.0 Å². The summed E-state index contributed by atoms with van der Waals surface area (Å²) < 4.78 is 24.6. The first-order valence-electron chi connectivity index (χ1n) is 5.59. The summed E-state index contributed by atoms with van der Waals surface area (Å²) in [5.41, 5.74) is -0.404. The highest BCUT2D eigenvalue weighted by Gasteiger charge is 2.24. The second-order valence-electron chi connectivity index (χ2n) is 5.12. The van der Waals surface area contributed by atoms with Gasteiger partial charge in [-0.05, 0) is 45.7 Å². The molecule has 1 aromatic rings. The van der Waals surface area contributed by atoms with E-state index in [1.54, 1.807) is 12.1 Å². The molecule has 1 fully saturated rings. The molecule has 0 aromatic heterocycles. The minimum atomic E-state index is -0.404. The highest BCUT2D eigenvalue weighted by atomic mass is 19.1. The first kappa shape index (κ1) is 11.2. The van der Waals surface area contributed by atoms with Crippen molar-refractivity contribution in [2.45, 2.75) is 45.3 Å². The van der Waals surface area contributed by atoms with Gasteiger partial charge in [0, 0.05) is 6.07 Å². The van der Waals surface area contributed by atoms with Crippen LogP contribution in [0.3, 0.4) is 0 Å². The zero-order valence-corrected chi connectivity index (χ0v) is 9.92. The Morgan fingerprint density at radius 2 is 1.94 bits per heavy atom. The van der Waals surface area contributed by atoms with E-state index in [1.165, 1.54) is 6.07 Å². The molecular weight excluding hydrogens is 207 g/mol. The van der Waals surface area contributed by atoms with Gasteiger partial charge in [-0.2, -0.15) is 0 Å². The Morgan fingerprint density at radius 3 is 2.50 bits per heavy atom. The van der Waals surface area contributed by atoms with E-state index < -0.39 is 5.60 Å². The van der Waals surface area contributed by atoms with Crippen LogP contribution < -0.4 is 9.47 Å². The fraction of sp³-hybridized carbons (Fsp3) is 0.538. The third kappa shape index (κ3) is 3.12. The van der Waals surface area contributed by atoms with Crippen molar-refractivity contribution in [3.8, 4) is 11.5 Å². The molecular formula is C13H17FO2. The number of ether oxygens (including phenoxy) is 2. The Morgan fingerprint density at radius 1 is 1.25 bits per heavy atom. The molecule has 1 aliphatic rings. The molecule has 88 valence electrons. The first-order chi connectivity index (χ1) is 7.44. The highest BCUT2D eigenvalue weighted by Crippen LogP contribution is 2.31. The van der Waals surface area contributed by atoms with Crippen LogP contribution >= 0.6 is 0 Å². The van der Waals surface area contributed by atoms with Crippen LogP contribution in [0.2, 0.25) is 0 Å². The Labute approximate surface area is 95.4 Å². The van der Waals surface area contributed by atoms with Crippen LogP contribution in [0.5, 0.6) is 11.5 Å². The highest BCUT2D eigenvalue weighted by molar-refractivity contribution is 5.35. The summed E-state index contributed by atoms with van der Waals surface area (Å²) in [7, 11) is 0. The molecule has 2 rings (SSSR count). The van der Waals surface area contributed by atoms with Crippen LogP contribution in [-0.4, -0.2) is 11.7 Å². The smallest absolute Gasteiger partial charge is 0.165 e. The lowest BCUT2D eigenvalue weighted by Gasteiger charge is -2.22. The number of hydrogen-bond donors (Lipinski definition) is 0. The summed E-state index contributed by atoms with van der Waals surface area (Å²) in [4.78, 5) is 0. The first-order valence-corrected chi connectivity index (χ1v) is 5.59. The molecule has 0 heterocycles. The van der Waals surface area contributed by atoms with E-state index in [4.69, 9.17) is 9.47 Å². The van der Waals surface area contributed by atoms with E-state index in [-0.39, 0.29) is 11.6 Å². The summed E-state index contributed by atoms with van der Waals surface area (Å²) >= 11 is 0. The van der Waals surface area contributed by atoms with E-state index in [1.807, 2.05) is 20.8 Å². The monoisotopic (exact) mass is 224 g/mol. The predicted molar refractivity (Wildman–Crippen MR) is 60.4 cm³/mol. The van der Waals surface area contributed by atoms with Crippen LogP contribution in [0.15, 0.2) is 18.2 Å². The molecule has 0 bridgehead atoms. The Balaban J connectivity index is 2.14. The average Bonchev–Trinajstić information content (AvgIpc) is 2.92. The molecule has 0 spiro atoms. The zero-order chi connectivity index (χ0) is 11.8. The van der Waals surface area contributed by atoms with Gasteiger partial charge in [0.2, 0.25) is 0 Å². The number of benzene rings is 1. The largest absolute Gasteiger partial charge is 0.490 e. The molecule has 3 heteroatoms. The van der Waals surface area contributed by atoms with Crippen molar-refractivity contribution >= 4 is 0 Å². The molecule has 0 radical (unpaired) electrons. The summed E-state index contributed by atoms with van der Waals surface area (Å²) in [6.45, 7) is 5.67. The second kappa shape index (κ2) is 3.96. The number of hydrogen-bond acceptors (Lipinski definition) is 2.